The van der Waals surface area contributed by atoms with Crippen LogP contribution in [0.3, 0.4) is 0 Å². The number of nitrogens with zero attached hydrogens (tertiary/aromatic N) is 4. The van der Waals surface area contributed by atoms with Gasteiger partial charge < -0.3 is 35.4 Å². The number of phosphoric ester groups is 1. The van der Waals surface area contributed by atoms with Gasteiger partial charge in [-0.3, -0.25) is 9.09 Å². The Balaban J connectivity index is 1.67. The van der Waals surface area contributed by atoms with Crippen molar-refractivity contribution in [3.8, 4) is 0 Å². The molecule has 0 bridgehead atoms. The summed E-state index contributed by atoms with van der Waals surface area (Å²) in [5.41, 5.74) is 6.53. The van der Waals surface area contributed by atoms with Crippen molar-refractivity contribution in [2.75, 3.05) is 19.4 Å². The minimum atomic E-state index is -5.60. The molecule has 5 atom stereocenters. The highest BCUT2D eigenvalue weighted by molar-refractivity contribution is 7.66. The highest BCUT2D eigenvalue weighted by Crippen LogP contribution is 2.66. The second kappa shape index (κ2) is 8.90. The molecule has 5 unspecified atom stereocenters. The fourth-order valence-electron chi connectivity index (χ4n) is 2.91. The van der Waals surface area contributed by atoms with E-state index in [2.05, 4.69) is 33.4 Å². The molecule has 1 saturated heterocycles. The second-order valence-corrected chi connectivity index (χ2v) is 10.6. The molecule has 3 heterocycles. The Bertz CT molecular complexity index is 1090. The van der Waals surface area contributed by atoms with Crippen LogP contribution in [0, 0.1) is 0 Å². The van der Waals surface area contributed by atoms with E-state index in [0.29, 0.717) is 17.6 Å². The summed E-state index contributed by atoms with van der Waals surface area (Å²) in [6.07, 6.45) is 1.60. The van der Waals surface area contributed by atoms with Gasteiger partial charge in [-0.2, -0.15) is 8.62 Å². The van der Waals surface area contributed by atoms with Gasteiger partial charge in [0.25, 0.3) is 0 Å². The maximum absolute atomic E-state index is 11.9. The normalized spacial score (nSPS) is 26.0. The summed E-state index contributed by atoms with van der Waals surface area (Å²) in [6.45, 7) is -0.588. The van der Waals surface area contributed by atoms with Crippen LogP contribution in [-0.4, -0.2) is 64.9 Å². The zero-order valence-corrected chi connectivity index (χ0v) is 18.3. The number of imidazole rings is 1. The van der Waals surface area contributed by atoms with E-state index in [1.54, 1.807) is 11.6 Å². The van der Waals surface area contributed by atoms with Gasteiger partial charge >= 0.3 is 23.5 Å². The van der Waals surface area contributed by atoms with Crippen LogP contribution in [0.2, 0.25) is 0 Å². The average molecular weight is 504 g/mol. The predicted octanol–water partition coefficient (Wildman–Crippen LogP) is -0.373. The van der Waals surface area contributed by atoms with Crippen molar-refractivity contribution >= 4 is 40.4 Å². The molecule has 2 aromatic heterocycles. The van der Waals surface area contributed by atoms with Gasteiger partial charge in [0.15, 0.2) is 11.5 Å². The van der Waals surface area contributed by atoms with Gasteiger partial charge in [0.05, 0.1) is 19.0 Å². The summed E-state index contributed by atoms with van der Waals surface area (Å²) in [5.74, 6) is 0.177. The van der Waals surface area contributed by atoms with Crippen molar-refractivity contribution in [1.82, 2.24) is 24.8 Å². The van der Waals surface area contributed by atoms with Gasteiger partial charge in [0.2, 0.25) is 0 Å². The lowest BCUT2D eigenvalue weighted by atomic mass is 10.1. The number of hydrogen-bond acceptors (Lipinski definition) is 12. The lowest BCUT2D eigenvalue weighted by Crippen LogP contribution is -2.36. The molecule has 0 aromatic carbocycles. The first-order valence-corrected chi connectivity index (χ1v) is 12.9. The molecule has 1 aliphatic rings. The zero-order chi connectivity index (χ0) is 23.0. The number of phosphoric acid groups is 3. The van der Waals surface area contributed by atoms with Crippen LogP contribution in [-0.2, 0) is 31.6 Å². The summed E-state index contributed by atoms with van der Waals surface area (Å²) in [4.78, 5) is 48.0. The van der Waals surface area contributed by atoms with Crippen molar-refractivity contribution in [2.24, 2.45) is 0 Å². The Kier molecular flexibility index (Phi) is 6.99. The standard InChI is InChI=1S/C11H19N6O11P3/c1-13-6-2-8(17-5-16-9-10(12)14-4-15-11(9)17)26-7(6)3-25-30(21,22)28-31(23,24)27-29(18,19)20/h4-8,13H,2-3H2,1H3,(H,21,22)(H,23,24)(H2,12,14,15)(H2,18,19,20). The van der Waals surface area contributed by atoms with Gasteiger partial charge in [0.1, 0.15) is 18.1 Å². The highest BCUT2D eigenvalue weighted by atomic mass is 31.3. The van der Waals surface area contributed by atoms with E-state index < -0.39 is 48.4 Å². The van der Waals surface area contributed by atoms with Gasteiger partial charge in [-0.25, -0.2) is 28.6 Å². The smallest absolute Gasteiger partial charge is 0.382 e. The molecule has 2 aromatic rings. The molecule has 7 N–H and O–H groups in total. The first kappa shape index (κ1) is 24.3. The molecule has 0 spiro atoms. The van der Waals surface area contributed by atoms with Crippen LogP contribution in [0.1, 0.15) is 12.6 Å². The van der Waals surface area contributed by atoms with Crippen LogP contribution < -0.4 is 11.1 Å². The maximum Gasteiger partial charge on any atom is 0.490 e. The number of ether oxygens (including phenoxy) is 1. The second-order valence-electron chi connectivity index (χ2n) is 6.23. The van der Waals surface area contributed by atoms with E-state index in [9.17, 15) is 23.5 Å². The largest absolute Gasteiger partial charge is 0.490 e. The first-order valence-electron chi connectivity index (χ1n) is 8.34. The quantitative estimate of drug-likeness (QED) is 0.238. The minimum absolute atomic E-state index is 0.177. The first-order chi connectivity index (χ1) is 14.3. The lowest BCUT2D eigenvalue weighted by molar-refractivity contribution is -0.0246. The third-order valence-electron chi connectivity index (χ3n) is 4.12. The maximum atomic E-state index is 11.9. The van der Waals surface area contributed by atoms with Crippen LogP contribution in [0.4, 0.5) is 5.82 Å². The number of nitrogens with one attached hydrogen (secondary N) is 1. The minimum Gasteiger partial charge on any atom is -0.382 e. The molecule has 17 nitrogen and oxygen atoms in total. The SMILES string of the molecule is CNC1CC(n2cnc3c(N)ncnc32)OC1COP(=O)(O)OP(=O)(O)OP(=O)(O)O. The Labute approximate surface area is 174 Å². The van der Waals surface area contributed by atoms with Gasteiger partial charge in [-0.15, -0.1) is 0 Å². The monoisotopic (exact) mass is 504 g/mol. The lowest BCUT2D eigenvalue weighted by Gasteiger charge is -2.20. The van der Waals surface area contributed by atoms with Gasteiger partial charge in [-0.1, -0.05) is 0 Å². The number of anilines is 1. The summed E-state index contributed by atoms with van der Waals surface area (Å²) in [5, 5.41) is 2.94. The van der Waals surface area contributed by atoms with E-state index in [-0.39, 0.29) is 5.82 Å². The van der Waals surface area contributed by atoms with Crippen molar-refractivity contribution in [1.29, 1.82) is 0 Å². The van der Waals surface area contributed by atoms with Crippen molar-refractivity contribution < 1.29 is 51.2 Å². The van der Waals surface area contributed by atoms with Gasteiger partial charge in [0, 0.05) is 12.5 Å². The molecule has 1 aliphatic heterocycles. The van der Waals surface area contributed by atoms with Crippen molar-refractivity contribution in [2.45, 2.75) is 24.8 Å². The molecule has 31 heavy (non-hydrogen) atoms. The number of likely N-dealkylation sites (N-methyl/N-ethyl adjacent to an activating group) is 1. The number of hydrogen-bond donors (Lipinski definition) is 6. The molecular weight excluding hydrogens is 485 g/mol. The molecule has 20 heteroatoms. The summed E-state index contributed by atoms with van der Waals surface area (Å²) in [7, 11) is -14.7. The fraction of sp³-hybridized carbons (Fsp3) is 0.545. The van der Waals surface area contributed by atoms with Crippen molar-refractivity contribution in [3.05, 3.63) is 12.7 Å². The Hall–Kier alpha value is -1.32. The molecule has 174 valence electrons. The van der Waals surface area contributed by atoms with Crippen LogP contribution in [0.5, 0.6) is 0 Å². The third-order valence-corrected chi connectivity index (χ3v) is 7.92. The Morgan fingerprint density at radius 2 is 1.90 bits per heavy atom. The van der Waals surface area contributed by atoms with Crippen LogP contribution in [0.15, 0.2) is 12.7 Å². The van der Waals surface area contributed by atoms with E-state index >= 15 is 0 Å². The number of aromatic nitrogens is 4. The molecule has 1 fully saturated rings. The molecule has 3 rings (SSSR count). The summed E-state index contributed by atoms with van der Waals surface area (Å²) >= 11 is 0. The zero-order valence-electron chi connectivity index (χ0n) is 15.7. The molecule has 0 saturated carbocycles. The Morgan fingerprint density at radius 1 is 1.19 bits per heavy atom. The summed E-state index contributed by atoms with van der Waals surface area (Å²) in [6, 6.07) is -0.395. The van der Waals surface area contributed by atoms with E-state index in [1.807, 2.05) is 0 Å². The highest BCUT2D eigenvalue weighted by Gasteiger charge is 2.43. The topological polar surface area (TPSA) is 251 Å². The van der Waals surface area contributed by atoms with E-state index in [0.717, 1.165) is 0 Å². The molecule has 0 amide bonds. The number of nitrogen functional groups attached to an aromatic ring is 1. The average Bonchev–Trinajstić information content (AvgIpc) is 3.21. The van der Waals surface area contributed by atoms with Crippen LogP contribution >= 0.6 is 23.5 Å². The number of fused-ring (bicyclic) bond motifs is 1. The number of rotatable bonds is 9. The van der Waals surface area contributed by atoms with E-state index in [4.69, 9.17) is 20.3 Å². The van der Waals surface area contributed by atoms with Gasteiger partial charge in [-0.05, 0) is 7.05 Å². The summed E-state index contributed by atoms with van der Waals surface area (Å²) < 4.78 is 53.4. The number of nitrogens with two attached hydrogens (primary N) is 1. The van der Waals surface area contributed by atoms with Crippen molar-refractivity contribution in [3.63, 3.8) is 0 Å². The Morgan fingerprint density at radius 3 is 2.55 bits per heavy atom. The van der Waals surface area contributed by atoms with Crippen LogP contribution in [0.25, 0.3) is 11.2 Å². The third kappa shape index (κ3) is 6.14. The predicted molar refractivity (Wildman–Crippen MR) is 101 cm³/mol. The fourth-order valence-corrected chi connectivity index (χ4v) is 5.94. The molecule has 0 aliphatic carbocycles. The van der Waals surface area contributed by atoms with E-state index in [1.165, 1.54) is 12.7 Å². The molecule has 0 radical (unpaired) electrons. The molecular formula is C11H19N6O11P3.